The van der Waals surface area contributed by atoms with Crippen molar-refractivity contribution >= 4 is 33.2 Å². The van der Waals surface area contributed by atoms with Gasteiger partial charge in [0.2, 0.25) is 0 Å². The summed E-state index contributed by atoms with van der Waals surface area (Å²) in [6.07, 6.45) is 0. The fourth-order valence-electron chi connectivity index (χ4n) is 1.56. The number of carbonyl (C=O) groups excluding carboxylic acids is 1. The molecule has 5 nitrogen and oxygen atoms in total. The van der Waals surface area contributed by atoms with E-state index < -0.39 is 0 Å². The summed E-state index contributed by atoms with van der Waals surface area (Å²) in [4.78, 5) is 13.7. The first kappa shape index (κ1) is 13.4. The van der Waals surface area contributed by atoms with Crippen LogP contribution < -0.4 is 10.5 Å². The van der Waals surface area contributed by atoms with Gasteiger partial charge in [0.1, 0.15) is 11.6 Å². The molecule has 6 heteroatoms. The van der Waals surface area contributed by atoms with Crippen LogP contribution in [0.4, 0.5) is 0 Å². The molecule has 0 aliphatic carbocycles. The number of likely N-dealkylation sites (N-methyl/N-ethyl adjacent to an activating group) is 1. The number of amidine groups is 1. The van der Waals surface area contributed by atoms with Crippen molar-refractivity contribution in [1.82, 2.24) is 4.90 Å². The average Bonchev–Trinajstić information content (AvgIpc) is 2.80. The van der Waals surface area contributed by atoms with Crippen LogP contribution in [-0.2, 0) is 4.79 Å². The van der Waals surface area contributed by atoms with E-state index >= 15 is 0 Å². The van der Waals surface area contributed by atoms with E-state index in [4.69, 9.17) is 15.9 Å². The molecule has 0 unspecified atom stereocenters. The van der Waals surface area contributed by atoms with Crippen molar-refractivity contribution < 1.29 is 9.53 Å². The van der Waals surface area contributed by atoms with E-state index in [1.54, 1.807) is 14.1 Å². The van der Waals surface area contributed by atoms with Gasteiger partial charge in [0.15, 0.2) is 6.61 Å². The number of benzene rings is 1. The second-order valence-corrected chi connectivity index (χ2v) is 5.35. The largest absolute Gasteiger partial charge is 0.483 e. The van der Waals surface area contributed by atoms with Gasteiger partial charge in [0.05, 0.1) is 4.88 Å². The van der Waals surface area contributed by atoms with Crippen LogP contribution in [0.1, 0.15) is 4.88 Å². The third-order valence-electron chi connectivity index (χ3n) is 2.64. The van der Waals surface area contributed by atoms with Gasteiger partial charge in [-0.2, -0.15) is 0 Å². The highest BCUT2D eigenvalue weighted by atomic mass is 32.1. The molecule has 1 aromatic heterocycles. The summed E-state index contributed by atoms with van der Waals surface area (Å²) in [5, 5.41) is 8.33. The molecule has 0 spiro atoms. The summed E-state index contributed by atoms with van der Waals surface area (Å²) in [5.41, 5.74) is 5.48. The predicted molar refractivity (Wildman–Crippen MR) is 77.0 cm³/mol. The molecule has 1 aromatic carbocycles. The fourth-order valence-corrected chi connectivity index (χ4v) is 2.50. The summed E-state index contributed by atoms with van der Waals surface area (Å²) in [6, 6.07) is 7.42. The number of ether oxygens (including phenoxy) is 1. The minimum atomic E-state index is -0.0981. The van der Waals surface area contributed by atoms with Crippen molar-refractivity contribution in [3.63, 3.8) is 0 Å². The van der Waals surface area contributed by atoms with Gasteiger partial charge < -0.3 is 15.4 Å². The number of thiophene rings is 1. The highest BCUT2D eigenvalue weighted by Gasteiger charge is 2.11. The fraction of sp³-hybridized carbons (Fsp3) is 0.231. The number of fused-ring (bicyclic) bond motifs is 1. The molecule has 2 aromatic rings. The number of nitrogens with one attached hydrogen (secondary N) is 1. The molecule has 2 rings (SSSR count). The smallest absolute Gasteiger partial charge is 0.259 e. The van der Waals surface area contributed by atoms with Crippen molar-refractivity contribution in [3.05, 3.63) is 29.1 Å². The van der Waals surface area contributed by atoms with Gasteiger partial charge in [-0.1, -0.05) is 6.07 Å². The Morgan fingerprint density at radius 1 is 1.47 bits per heavy atom. The van der Waals surface area contributed by atoms with Crippen LogP contribution in [0.5, 0.6) is 5.75 Å². The molecule has 0 radical (unpaired) electrons. The molecule has 0 saturated heterocycles. The van der Waals surface area contributed by atoms with E-state index in [0.717, 1.165) is 10.1 Å². The topological polar surface area (TPSA) is 79.4 Å². The molecule has 0 saturated carbocycles. The molecule has 3 N–H and O–H groups in total. The van der Waals surface area contributed by atoms with E-state index in [2.05, 4.69) is 0 Å². The van der Waals surface area contributed by atoms with E-state index in [1.165, 1.54) is 16.2 Å². The number of hydrogen-bond donors (Lipinski definition) is 2. The van der Waals surface area contributed by atoms with Gasteiger partial charge in [-0.05, 0) is 18.2 Å². The number of nitrogen functional groups attached to an aromatic ring is 1. The van der Waals surface area contributed by atoms with Crippen LogP contribution in [-0.4, -0.2) is 37.3 Å². The predicted octanol–water partition coefficient (Wildman–Crippen LogP) is 1.65. The Kier molecular flexibility index (Phi) is 3.71. The molecule has 0 aliphatic rings. The van der Waals surface area contributed by atoms with Crippen molar-refractivity contribution in [2.75, 3.05) is 20.7 Å². The van der Waals surface area contributed by atoms with E-state index in [-0.39, 0.29) is 18.3 Å². The van der Waals surface area contributed by atoms with Crippen LogP contribution in [0.25, 0.3) is 10.1 Å². The summed E-state index contributed by atoms with van der Waals surface area (Å²) in [6.45, 7) is -0.00261. The van der Waals surface area contributed by atoms with Gasteiger partial charge in [-0.15, -0.1) is 11.3 Å². The monoisotopic (exact) mass is 277 g/mol. The van der Waals surface area contributed by atoms with Crippen molar-refractivity contribution in [2.45, 2.75) is 0 Å². The normalized spacial score (nSPS) is 10.4. The quantitative estimate of drug-likeness (QED) is 0.659. The maximum Gasteiger partial charge on any atom is 0.259 e. The Labute approximate surface area is 115 Å². The van der Waals surface area contributed by atoms with Gasteiger partial charge in [0.25, 0.3) is 5.91 Å². The second kappa shape index (κ2) is 5.27. The molecule has 0 aliphatic heterocycles. The standard InChI is InChI=1S/C13H15N3O2S/c1-16(2)12(17)7-18-9-4-3-5-10-8(9)6-11(19-10)13(14)15/h3-6H,7H2,1-2H3,(H3,14,15). The van der Waals surface area contributed by atoms with Crippen LogP contribution in [0, 0.1) is 5.41 Å². The third-order valence-corrected chi connectivity index (χ3v) is 3.77. The lowest BCUT2D eigenvalue weighted by Crippen LogP contribution is -2.27. The zero-order valence-corrected chi connectivity index (χ0v) is 11.6. The number of hydrogen-bond acceptors (Lipinski definition) is 4. The molecular formula is C13H15N3O2S. The average molecular weight is 277 g/mol. The zero-order chi connectivity index (χ0) is 14.0. The Morgan fingerprint density at radius 2 is 2.21 bits per heavy atom. The summed E-state index contributed by atoms with van der Waals surface area (Å²) >= 11 is 1.44. The van der Waals surface area contributed by atoms with Gasteiger partial charge in [-0.25, -0.2) is 0 Å². The number of nitrogens with two attached hydrogens (primary N) is 1. The SMILES string of the molecule is CN(C)C(=O)COc1cccc2sc(C(=N)N)cc12. The molecule has 0 fully saturated rings. The van der Waals surface area contributed by atoms with E-state index in [1.807, 2.05) is 24.3 Å². The van der Waals surface area contributed by atoms with Gasteiger partial charge in [-0.3, -0.25) is 10.2 Å². The molecule has 1 amide bonds. The van der Waals surface area contributed by atoms with E-state index in [0.29, 0.717) is 10.6 Å². The summed E-state index contributed by atoms with van der Waals surface area (Å²) < 4.78 is 6.53. The van der Waals surface area contributed by atoms with Crippen molar-refractivity contribution in [1.29, 1.82) is 5.41 Å². The maximum absolute atomic E-state index is 11.5. The molecular weight excluding hydrogens is 262 g/mol. The lowest BCUT2D eigenvalue weighted by molar-refractivity contribution is -0.130. The van der Waals surface area contributed by atoms with Crippen molar-refractivity contribution in [3.8, 4) is 5.75 Å². The minimum absolute atomic E-state index is 0.00261. The number of amides is 1. The number of nitrogens with zero attached hydrogens (tertiary/aromatic N) is 1. The highest BCUT2D eigenvalue weighted by Crippen LogP contribution is 2.32. The molecule has 19 heavy (non-hydrogen) atoms. The Bertz CT molecular complexity index is 634. The zero-order valence-electron chi connectivity index (χ0n) is 10.8. The maximum atomic E-state index is 11.5. The van der Waals surface area contributed by atoms with E-state index in [9.17, 15) is 4.79 Å². The van der Waals surface area contributed by atoms with Gasteiger partial charge >= 0.3 is 0 Å². The number of rotatable bonds is 4. The third kappa shape index (κ3) is 2.85. The highest BCUT2D eigenvalue weighted by molar-refractivity contribution is 7.20. The molecule has 0 atom stereocenters. The lowest BCUT2D eigenvalue weighted by Gasteiger charge is -2.11. The first-order chi connectivity index (χ1) is 8.99. The first-order valence-electron chi connectivity index (χ1n) is 5.69. The Hall–Kier alpha value is -2.08. The summed E-state index contributed by atoms with van der Waals surface area (Å²) in [7, 11) is 3.37. The number of carbonyl (C=O) groups is 1. The molecule has 100 valence electrons. The van der Waals surface area contributed by atoms with Crippen LogP contribution >= 0.6 is 11.3 Å². The van der Waals surface area contributed by atoms with Gasteiger partial charge in [0, 0.05) is 24.2 Å². The van der Waals surface area contributed by atoms with Crippen LogP contribution in [0.15, 0.2) is 24.3 Å². The van der Waals surface area contributed by atoms with Crippen LogP contribution in [0.2, 0.25) is 0 Å². The minimum Gasteiger partial charge on any atom is -0.483 e. The Morgan fingerprint density at radius 3 is 2.84 bits per heavy atom. The molecule has 0 bridgehead atoms. The Balaban J connectivity index is 2.28. The second-order valence-electron chi connectivity index (χ2n) is 4.27. The van der Waals surface area contributed by atoms with Crippen molar-refractivity contribution in [2.24, 2.45) is 5.73 Å². The molecule has 1 heterocycles. The van der Waals surface area contributed by atoms with Crippen LogP contribution in [0.3, 0.4) is 0 Å². The first-order valence-corrected chi connectivity index (χ1v) is 6.50. The summed E-state index contributed by atoms with van der Waals surface area (Å²) in [5.74, 6) is 0.576. The lowest BCUT2D eigenvalue weighted by atomic mass is 10.2.